The summed E-state index contributed by atoms with van der Waals surface area (Å²) in [5, 5.41) is 0.600. The molecule has 2 aromatic carbocycles. The summed E-state index contributed by atoms with van der Waals surface area (Å²) in [6.45, 7) is 0. The molecule has 2 aliphatic rings. The molecule has 2 aromatic rings. The van der Waals surface area contributed by atoms with Crippen molar-refractivity contribution in [3.05, 3.63) is 70.8 Å². The van der Waals surface area contributed by atoms with Crippen molar-refractivity contribution in [2.45, 2.75) is 63.7 Å². The van der Waals surface area contributed by atoms with Crippen LogP contribution in [0.3, 0.4) is 0 Å². The van der Waals surface area contributed by atoms with Crippen LogP contribution in [0, 0.1) is 0 Å². The van der Waals surface area contributed by atoms with E-state index < -0.39 is 17.8 Å². The highest BCUT2D eigenvalue weighted by molar-refractivity contribution is 6.11. The Bertz CT molecular complexity index is 1030. The second-order valence-corrected chi connectivity index (χ2v) is 8.45. The fraction of sp³-hybridized carbons (Fsp3) is 0.385. The lowest BCUT2D eigenvalue weighted by Gasteiger charge is -2.24. The average Bonchev–Trinajstić information content (AvgIpc) is 3.12. The van der Waals surface area contributed by atoms with E-state index in [0.717, 1.165) is 54.4 Å². The van der Waals surface area contributed by atoms with Crippen molar-refractivity contribution in [3.8, 4) is 0 Å². The standard InChI is InChI=1S/C26H27NO5/c28-23-16-17-24(29)27(23)32-25(30)13-3-1-2-8-18-14-15-19-9-4-5-11-21(19)26(31)22-12-7-6-10-20(18)22/h4-7,9-12,18H,1-3,8,13-17H2. The van der Waals surface area contributed by atoms with Crippen LogP contribution in [0.4, 0.5) is 0 Å². The maximum Gasteiger partial charge on any atom is 0.333 e. The summed E-state index contributed by atoms with van der Waals surface area (Å²) in [5.41, 5.74) is 3.79. The van der Waals surface area contributed by atoms with Gasteiger partial charge in [-0.1, -0.05) is 61.4 Å². The lowest BCUT2D eigenvalue weighted by Crippen LogP contribution is -2.31. The van der Waals surface area contributed by atoms with E-state index in [0.29, 0.717) is 11.5 Å². The number of rotatable bonds is 7. The van der Waals surface area contributed by atoms with E-state index in [2.05, 4.69) is 6.07 Å². The van der Waals surface area contributed by atoms with E-state index in [-0.39, 0.29) is 31.0 Å². The molecule has 0 bridgehead atoms. The van der Waals surface area contributed by atoms with Gasteiger partial charge in [-0.3, -0.25) is 14.4 Å². The molecule has 166 valence electrons. The highest BCUT2D eigenvalue weighted by atomic mass is 16.7. The Labute approximate surface area is 187 Å². The number of amides is 2. The van der Waals surface area contributed by atoms with Crippen LogP contribution < -0.4 is 0 Å². The van der Waals surface area contributed by atoms with Crippen LogP contribution in [0.5, 0.6) is 0 Å². The first kappa shape index (κ1) is 21.9. The molecular weight excluding hydrogens is 406 g/mol. The fourth-order valence-electron chi connectivity index (χ4n) is 4.59. The number of nitrogens with zero attached hydrogens (tertiary/aromatic N) is 1. The van der Waals surface area contributed by atoms with E-state index in [4.69, 9.17) is 4.84 Å². The van der Waals surface area contributed by atoms with Gasteiger partial charge in [-0.15, -0.1) is 5.06 Å². The molecule has 1 saturated heterocycles. The quantitative estimate of drug-likeness (QED) is 0.474. The summed E-state index contributed by atoms with van der Waals surface area (Å²) < 4.78 is 0. The molecule has 0 aromatic heterocycles. The van der Waals surface area contributed by atoms with Crippen molar-refractivity contribution < 1.29 is 24.0 Å². The number of aryl methyl sites for hydroxylation is 1. The van der Waals surface area contributed by atoms with Gasteiger partial charge < -0.3 is 4.84 Å². The van der Waals surface area contributed by atoms with Crippen LogP contribution in [0.25, 0.3) is 0 Å². The fourth-order valence-corrected chi connectivity index (χ4v) is 4.59. The number of ketones is 1. The molecule has 1 atom stereocenters. The van der Waals surface area contributed by atoms with E-state index >= 15 is 0 Å². The summed E-state index contributed by atoms with van der Waals surface area (Å²) in [4.78, 5) is 53.1. The Morgan fingerprint density at radius 3 is 2.31 bits per heavy atom. The van der Waals surface area contributed by atoms with Gasteiger partial charge in [0.15, 0.2) is 5.78 Å². The first-order chi connectivity index (χ1) is 15.5. The summed E-state index contributed by atoms with van der Waals surface area (Å²) in [7, 11) is 0. The topological polar surface area (TPSA) is 80.8 Å². The number of carbonyl (C=O) groups is 4. The van der Waals surface area contributed by atoms with Crippen molar-refractivity contribution in [1.82, 2.24) is 5.06 Å². The Balaban J connectivity index is 1.31. The van der Waals surface area contributed by atoms with E-state index in [9.17, 15) is 19.2 Å². The normalized spacial score (nSPS) is 18.1. The number of hydrogen-bond donors (Lipinski definition) is 0. The molecular formula is C26H27NO5. The predicted octanol–water partition coefficient (Wildman–Crippen LogP) is 4.51. The van der Waals surface area contributed by atoms with Crippen molar-refractivity contribution in [2.24, 2.45) is 0 Å². The molecule has 1 fully saturated rings. The van der Waals surface area contributed by atoms with Gasteiger partial charge in [0.05, 0.1) is 0 Å². The molecule has 4 rings (SSSR count). The number of hydroxylamine groups is 2. The molecule has 0 N–H and O–H groups in total. The molecule has 6 heteroatoms. The number of hydrogen-bond acceptors (Lipinski definition) is 5. The Morgan fingerprint density at radius 1 is 0.844 bits per heavy atom. The number of carbonyl (C=O) groups excluding carboxylic acids is 4. The SMILES string of the molecule is O=C(CCCCCC1CCc2ccccc2C(=O)c2ccccc21)ON1C(=O)CCC1=O. The minimum absolute atomic E-state index is 0.0923. The number of benzene rings is 2. The molecule has 1 aliphatic carbocycles. The van der Waals surface area contributed by atoms with Crippen LogP contribution in [-0.4, -0.2) is 28.6 Å². The van der Waals surface area contributed by atoms with E-state index in [1.165, 1.54) is 0 Å². The number of imide groups is 1. The average molecular weight is 434 g/mol. The summed E-state index contributed by atoms with van der Waals surface area (Å²) in [6, 6.07) is 15.7. The first-order valence-corrected chi connectivity index (χ1v) is 11.3. The van der Waals surface area contributed by atoms with Crippen molar-refractivity contribution in [2.75, 3.05) is 0 Å². The van der Waals surface area contributed by atoms with Crippen LogP contribution in [-0.2, 0) is 25.6 Å². The zero-order valence-corrected chi connectivity index (χ0v) is 18.0. The van der Waals surface area contributed by atoms with Crippen LogP contribution in [0.15, 0.2) is 48.5 Å². The van der Waals surface area contributed by atoms with Crippen molar-refractivity contribution >= 4 is 23.6 Å². The van der Waals surface area contributed by atoms with Gasteiger partial charge in [-0.2, -0.15) is 0 Å². The summed E-state index contributed by atoms with van der Waals surface area (Å²) in [6.07, 6.45) is 5.53. The highest BCUT2D eigenvalue weighted by Gasteiger charge is 2.32. The molecule has 6 nitrogen and oxygen atoms in total. The predicted molar refractivity (Wildman–Crippen MR) is 118 cm³/mol. The Hall–Kier alpha value is -3.28. The monoisotopic (exact) mass is 433 g/mol. The lowest BCUT2D eigenvalue weighted by molar-refractivity contribution is -0.197. The third-order valence-corrected chi connectivity index (χ3v) is 6.30. The molecule has 1 heterocycles. The molecule has 0 spiro atoms. The molecule has 0 saturated carbocycles. The third-order valence-electron chi connectivity index (χ3n) is 6.30. The van der Waals surface area contributed by atoms with Gasteiger partial charge in [0, 0.05) is 30.4 Å². The number of unbranched alkanes of at least 4 members (excludes halogenated alkanes) is 2. The Morgan fingerprint density at radius 2 is 1.53 bits per heavy atom. The molecule has 0 radical (unpaired) electrons. The minimum atomic E-state index is -0.549. The summed E-state index contributed by atoms with van der Waals surface area (Å²) >= 11 is 0. The van der Waals surface area contributed by atoms with Gasteiger partial charge in [0.1, 0.15) is 0 Å². The van der Waals surface area contributed by atoms with Gasteiger partial charge in [-0.05, 0) is 42.7 Å². The van der Waals surface area contributed by atoms with Crippen LogP contribution >= 0.6 is 0 Å². The zero-order chi connectivity index (χ0) is 22.5. The second kappa shape index (κ2) is 9.90. The molecule has 1 aliphatic heterocycles. The molecule has 32 heavy (non-hydrogen) atoms. The van der Waals surface area contributed by atoms with Crippen molar-refractivity contribution in [3.63, 3.8) is 0 Å². The number of fused-ring (bicyclic) bond motifs is 2. The Kier molecular flexibility index (Phi) is 6.78. The van der Waals surface area contributed by atoms with Gasteiger partial charge in [0.2, 0.25) is 0 Å². The molecule has 1 unspecified atom stereocenters. The second-order valence-electron chi connectivity index (χ2n) is 8.45. The minimum Gasteiger partial charge on any atom is -0.330 e. The van der Waals surface area contributed by atoms with Gasteiger partial charge >= 0.3 is 5.97 Å². The van der Waals surface area contributed by atoms with Crippen LogP contribution in [0.1, 0.15) is 84.3 Å². The smallest absolute Gasteiger partial charge is 0.330 e. The van der Waals surface area contributed by atoms with Crippen LogP contribution in [0.2, 0.25) is 0 Å². The first-order valence-electron chi connectivity index (χ1n) is 11.3. The van der Waals surface area contributed by atoms with Gasteiger partial charge in [-0.25, -0.2) is 4.79 Å². The lowest BCUT2D eigenvalue weighted by atomic mass is 9.80. The largest absolute Gasteiger partial charge is 0.333 e. The highest BCUT2D eigenvalue weighted by Crippen LogP contribution is 2.34. The van der Waals surface area contributed by atoms with Gasteiger partial charge in [0.25, 0.3) is 11.8 Å². The summed E-state index contributed by atoms with van der Waals surface area (Å²) in [5.74, 6) is -1.08. The maximum absolute atomic E-state index is 13.2. The van der Waals surface area contributed by atoms with Crippen molar-refractivity contribution in [1.29, 1.82) is 0 Å². The zero-order valence-electron chi connectivity index (χ0n) is 18.0. The van der Waals surface area contributed by atoms with E-state index in [1.54, 1.807) is 0 Å². The van der Waals surface area contributed by atoms with E-state index in [1.807, 2.05) is 42.5 Å². The third kappa shape index (κ3) is 4.79. The maximum atomic E-state index is 13.2. The molecule has 2 amide bonds.